The Labute approximate surface area is 146 Å². The summed E-state index contributed by atoms with van der Waals surface area (Å²) in [7, 11) is 0. The summed E-state index contributed by atoms with van der Waals surface area (Å²) in [5.41, 5.74) is 0.365. The fourth-order valence-electron chi connectivity index (χ4n) is 3.04. The van der Waals surface area contributed by atoms with Gasteiger partial charge in [-0.3, -0.25) is 10.1 Å². The average Bonchev–Trinajstić information content (AvgIpc) is 2.51. The van der Waals surface area contributed by atoms with E-state index in [0.29, 0.717) is 35.0 Å². The maximum atomic E-state index is 13.0. The van der Waals surface area contributed by atoms with Crippen LogP contribution in [-0.4, -0.2) is 16.1 Å². The summed E-state index contributed by atoms with van der Waals surface area (Å²) >= 11 is 3.34. The number of nitro groups is 1. The van der Waals surface area contributed by atoms with E-state index in [1.807, 2.05) is 0 Å². The minimum absolute atomic E-state index is 0.0479. The number of rotatable bonds is 5. The number of nitrogens with one attached hydrogen (secondary N) is 1. The van der Waals surface area contributed by atoms with Gasteiger partial charge in [-0.1, -0.05) is 34.1 Å². The summed E-state index contributed by atoms with van der Waals surface area (Å²) in [6.07, 6.45) is 0.966. The first kappa shape index (κ1) is 17.0. The highest BCUT2D eigenvalue weighted by Gasteiger charge is 2.43. The molecule has 0 atom stereocenters. The molecule has 0 amide bonds. The Bertz CT molecular complexity index is 761. The standard InChI is InChI=1S/C17H16BrFN2O3/c18-15-2-1-3-16(21(23)24)14(15)10-20-13-8-17(22,9-13)11-4-6-12(19)7-5-11/h1-7,13,20,22H,8-10H2. The second-order valence-electron chi connectivity index (χ2n) is 6.02. The van der Waals surface area contributed by atoms with Crippen molar-refractivity contribution in [2.45, 2.75) is 31.0 Å². The van der Waals surface area contributed by atoms with Crippen LogP contribution in [0.5, 0.6) is 0 Å². The molecule has 2 aromatic rings. The quantitative estimate of drug-likeness (QED) is 0.599. The van der Waals surface area contributed by atoms with Gasteiger partial charge in [0.2, 0.25) is 0 Å². The predicted molar refractivity (Wildman–Crippen MR) is 91.0 cm³/mol. The Hall–Kier alpha value is -1.83. The lowest BCUT2D eigenvalue weighted by Gasteiger charge is -2.44. The minimum Gasteiger partial charge on any atom is -0.385 e. The highest BCUT2D eigenvalue weighted by Crippen LogP contribution is 2.41. The molecule has 7 heteroatoms. The molecule has 0 radical (unpaired) electrons. The number of nitro benzene ring substituents is 1. The van der Waals surface area contributed by atoms with E-state index >= 15 is 0 Å². The van der Waals surface area contributed by atoms with Crippen LogP contribution in [0.15, 0.2) is 46.9 Å². The first-order valence-electron chi connectivity index (χ1n) is 7.53. The van der Waals surface area contributed by atoms with Gasteiger partial charge in [0.1, 0.15) is 5.82 Å². The van der Waals surface area contributed by atoms with Crippen molar-refractivity contribution < 1.29 is 14.4 Å². The summed E-state index contributed by atoms with van der Waals surface area (Å²) in [5, 5.41) is 24.9. The van der Waals surface area contributed by atoms with Gasteiger partial charge >= 0.3 is 0 Å². The van der Waals surface area contributed by atoms with Crippen LogP contribution in [0.25, 0.3) is 0 Å². The third-order valence-electron chi connectivity index (χ3n) is 4.41. The maximum Gasteiger partial charge on any atom is 0.275 e. The van der Waals surface area contributed by atoms with Crippen LogP contribution in [0.2, 0.25) is 0 Å². The first-order chi connectivity index (χ1) is 11.4. The summed E-state index contributed by atoms with van der Waals surface area (Å²) in [4.78, 5) is 10.7. The molecule has 1 saturated carbocycles. The van der Waals surface area contributed by atoms with E-state index in [-0.39, 0.29) is 17.5 Å². The molecule has 126 valence electrons. The normalized spacial score (nSPS) is 22.9. The third-order valence-corrected chi connectivity index (χ3v) is 5.15. The molecule has 0 unspecified atom stereocenters. The zero-order valence-electron chi connectivity index (χ0n) is 12.7. The molecule has 2 N–H and O–H groups in total. The molecule has 24 heavy (non-hydrogen) atoms. The number of hydrogen-bond acceptors (Lipinski definition) is 4. The lowest BCUT2D eigenvalue weighted by Crippen LogP contribution is -2.51. The monoisotopic (exact) mass is 394 g/mol. The Kier molecular flexibility index (Phi) is 4.67. The molecule has 1 aliphatic rings. The molecule has 1 fully saturated rings. The van der Waals surface area contributed by atoms with Gasteiger partial charge in [-0.25, -0.2) is 4.39 Å². The van der Waals surface area contributed by atoms with Crippen LogP contribution in [-0.2, 0) is 12.1 Å². The molecule has 5 nitrogen and oxygen atoms in total. The smallest absolute Gasteiger partial charge is 0.275 e. The summed E-state index contributed by atoms with van der Waals surface area (Å²) in [6.45, 7) is 0.335. The molecule has 0 bridgehead atoms. The molecule has 3 rings (SSSR count). The van der Waals surface area contributed by atoms with E-state index in [0.717, 1.165) is 0 Å². The van der Waals surface area contributed by atoms with Crippen LogP contribution in [0.3, 0.4) is 0 Å². The van der Waals surface area contributed by atoms with E-state index in [1.165, 1.54) is 18.2 Å². The second-order valence-corrected chi connectivity index (χ2v) is 6.87. The molecule has 0 saturated heterocycles. The second kappa shape index (κ2) is 6.58. The zero-order chi connectivity index (χ0) is 17.3. The maximum absolute atomic E-state index is 13.0. The third kappa shape index (κ3) is 3.33. The highest BCUT2D eigenvalue weighted by molar-refractivity contribution is 9.10. The minimum atomic E-state index is -0.967. The molecule has 0 spiro atoms. The van der Waals surface area contributed by atoms with Gasteiger partial charge in [0.05, 0.1) is 16.1 Å². The van der Waals surface area contributed by atoms with E-state index < -0.39 is 10.5 Å². The summed E-state index contributed by atoms with van der Waals surface area (Å²) < 4.78 is 13.6. The Balaban J connectivity index is 1.63. The van der Waals surface area contributed by atoms with Crippen molar-refractivity contribution >= 4 is 21.6 Å². The molecule has 0 aliphatic heterocycles. The van der Waals surface area contributed by atoms with E-state index in [2.05, 4.69) is 21.2 Å². The van der Waals surface area contributed by atoms with Gasteiger partial charge in [0, 0.05) is 23.1 Å². The fraction of sp³-hybridized carbons (Fsp3) is 0.294. The van der Waals surface area contributed by atoms with Crippen LogP contribution in [0.1, 0.15) is 24.0 Å². The van der Waals surface area contributed by atoms with Gasteiger partial charge in [0.25, 0.3) is 5.69 Å². The number of halogens is 2. The SMILES string of the molecule is O=[N+]([O-])c1cccc(Br)c1CNC1CC(O)(c2ccc(F)cc2)C1. The highest BCUT2D eigenvalue weighted by atomic mass is 79.9. The number of benzene rings is 2. The largest absolute Gasteiger partial charge is 0.385 e. The van der Waals surface area contributed by atoms with Crippen molar-refractivity contribution in [3.8, 4) is 0 Å². The van der Waals surface area contributed by atoms with Crippen molar-refractivity contribution in [3.63, 3.8) is 0 Å². The van der Waals surface area contributed by atoms with Gasteiger partial charge in [-0.2, -0.15) is 0 Å². The van der Waals surface area contributed by atoms with Gasteiger partial charge < -0.3 is 10.4 Å². The molecule has 1 aliphatic carbocycles. The van der Waals surface area contributed by atoms with Crippen molar-refractivity contribution in [1.29, 1.82) is 0 Å². The molecular weight excluding hydrogens is 379 g/mol. The predicted octanol–water partition coefficient (Wildman–Crippen LogP) is 3.64. The van der Waals surface area contributed by atoms with Crippen LogP contribution in [0.4, 0.5) is 10.1 Å². The zero-order valence-corrected chi connectivity index (χ0v) is 14.3. The van der Waals surface area contributed by atoms with Crippen molar-refractivity contribution in [3.05, 3.63) is 74.0 Å². The van der Waals surface area contributed by atoms with Crippen molar-refractivity contribution in [1.82, 2.24) is 5.32 Å². The van der Waals surface area contributed by atoms with Crippen LogP contribution in [0, 0.1) is 15.9 Å². The van der Waals surface area contributed by atoms with E-state index in [1.54, 1.807) is 24.3 Å². The summed E-state index contributed by atoms with van der Waals surface area (Å²) in [5.74, 6) is -0.336. The van der Waals surface area contributed by atoms with Gasteiger partial charge in [-0.15, -0.1) is 0 Å². The Morgan fingerprint density at radius 1 is 1.29 bits per heavy atom. The number of aliphatic hydroxyl groups is 1. The molecule has 2 aromatic carbocycles. The van der Waals surface area contributed by atoms with E-state index in [9.17, 15) is 19.6 Å². The number of hydrogen-bond donors (Lipinski definition) is 2. The fourth-order valence-corrected chi connectivity index (χ4v) is 3.53. The Morgan fingerprint density at radius 3 is 2.58 bits per heavy atom. The Morgan fingerprint density at radius 2 is 1.96 bits per heavy atom. The number of nitrogens with zero attached hydrogens (tertiary/aromatic N) is 1. The van der Waals surface area contributed by atoms with Crippen molar-refractivity contribution in [2.75, 3.05) is 0 Å². The van der Waals surface area contributed by atoms with Gasteiger partial charge in [0.15, 0.2) is 0 Å². The molecule has 0 aromatic heterocycles. The molecule has 0 heterocycles. The first-order valence-corrected chi connectivity index (χ1v) is 8.32. The average molecular weight is 395 g/mol. The van der Waals surface area contributed by atoms with E-state index in [4.69, 9.17) is 0 Å². The van der Waals surface area contributed by atoms with Crippen LogP contribution >= 0.6 is 15.9 Å². The van der Waals surface area contributed by atoms with Crippen molar-refractivity contribution in [2.24, 2.45) is 0 Å². The van der Waals surface area contributed by atoms with Gasteiger partial charge in [-0.05, 0) is 36.6 Å². The molecular formula is C17H16BrFN2O3. The topological polar surface area (TPSA) is 75.4 Å². The lowest BCUT2D eigenvalue weighted by atomic mass is 9.71. The summed E-state index contributed by atoms with van der Waals surface area (Å²) in [6, 6.07) is 10.7. The lowest BCUT2D eigenvalue weighted by molar-refractivity contribution is -0.385. The van der Waals surface area contributed by atoms with Crippen LogP contribution < -0.4 is 5.32 Å².